The van der Waals surface area contributed by atoms with Crippen LogP contribution < -0.4 is 21.3 Å². The maximum Gasteiger partial charge on any atom is 0.284 e. The lowest BCUT2D eigenvalue weighted by Gasteiger charge is -2.34. The topological polar surface area (TPSA) is 114 Å². The number of carbonyl (C=O) groups excluding carboxylic acids is 1. The van der Waals surface area contributed by atoms with E-state index in [1.54, 1.807) is 12.1 Å². The van der Waals surface area contributed by atoms with Gasteiger partial charge in [-0.1, -0.05) is 0 Å². The Bertz CT molecular complexity index is 801. The van der Waals surface area contributed by atoms with E-state index < -0.39 is 5.91 Å². The van der Waals surface area contributed by atoms with Crippen LogP contribution in [-0.4, -0.2) is 47.3 Å². The fourth-order valence-electron chi connectivity index (χ4n) is 3.17. The van der Waals surface area contributed by atoms with Crippen molar-refractivity contribution >= 4 is 41.5 Å². The number of halogens is 1. The summed E-state index contributed by atoms with van der Waals surface area (Å²) < 4.78 is 7.21. The van der Waals surface area contributed by atoms with Crippen LogP contribution in [-0.2, 0) is 13.6 Å². The molecule has 1 aliphatic rings. The van der Waals surface area contributed by atoms with Gasteiger partial charge in [0.1, 0.15) is 12.3 Å². The number of hydrogen-bond acceptors (Lipinski definition) is 5. The van der Waals surface area contributed by atoms with E-state index in [0.29, 0.717) is 12.3 Å². The van der Waals surface area contributed by atoms with E-state index in [0.717, 1.165) is 44.1 Å². The molecule has 154 valence electrons. The monoisotopic (exact) mass is 501 g/mol. The number of aliphatic imine (C=N–C) groups is 1. The van der Waals surface area contributed by atoms with Crippen LogP contribution in [0.5, 0.6) is 0 Å². The van der Waals surface area contributed by atoms with Gasteiger partial charge in [-0.25, -0.2) is 4.99 Å². The highest BCUT2D eigenvalue weighted by molar-refractivity contribution is 14.0. The van der Waals surface area contributed by atoms with Gasteiger partial charge in [0.15, 0.2) is 11.7 Å². The van der Waals surface area contributed by atoms with Crippen LogP contribution in [0.1, 0.15) is 36.1 Å². The van der Waals surface area contributed by atoms with Crippen molar-refractivity contribution in [3.8, 4) is 0 Å². The summed E-state index contributed by atoms with van der Waals surface area (Å²) >= 11 is 0. The predicted octanol–water partition coefficient (Wildman–Crippen LogP) is 1.45. The Morgan fingerprint density at radius 3 is 2.93 bits per heavy atom. The smallest absolute Gasteiger partial charge is 0.284 e. The van der Waals surface area contributed by atoms with Crippen LogP contribution >= 0.6 is 24.0 Å². The number of rotatable bonds is 6. The van der Waals surface area contributed by atoms with E-state index >= 15 is 0 Å². The number of aromatic nitrogens is 2. The number of carbonyl (C=O) groups is 1. The molecule has 4 N–H and O–H groups in total. The van der Waals surface area contributed by atoms with Crippen LogP contribution in [0.2, 0.25) is 0 Å². The van der Waals surface area contributed by atoms with Gasteiger partial charge in [0.2, 0.25) is 0 Å². The van der Waals surface area contributed by atoms with E-state index in [-0.39, 0.29) is 35.8 Å². The van der Waals surface area contributed by atoms with Gasteiger partial charge in [0.25, 0.3) is 5.91 Å². The molecule has 2 aromatic heterocycles. The first-order chi connectivity index (χ1) is 13.0. The molecule has 1 amide bonds. The molecule has 0 aromatic carbocycles. The third kappa shape index (κ3) is 5.88. The molecule has 3 heterocycles. The first-order valence-corrected chi connectivity index (χ1v) is 9.22. The summed E-state index contributed by atoms with van der Waals surface area (Å²) in [4.78, 5) is 18.0. The number of nitrogens with zero attached hydrogens (tertiary/aromatic N) is 4. The number of guanidine groups is 1. The van der Waals surface area contributed by atoms with Gasteiger partial charge in [0, 0.05) is 38.9 Å². The zero-order valence-electron chi connectivity index (χ0n) is 16.2. The molecule has 3 rings (SSSR count). The van der Waals surface area contributed by atoms with Crippen molar-refractivity contribution in [2.75, 3.05) is 24.5 Å². The highest BCUT2D eigenvalue weighted by Gasteiger charge is 2.21. The van der Waals surface area contributed by atoms with Gasteiger partial charge in [-0.3, -0.25) is 9.48 Å². The van der Waals surface area contributed by atoms with Crippen LogP contribution in [0.4, 0.5) is 5.69 Å². The zero-order chi connectivity index (χ0) is 19.2. The Hall–Kier alpha value is -2.24. The quantitative estimate of drug-likeness (QED) is 0.314. The number of amides is 1. The van der Waals surface area contributed by atoms with Crippen molar-refractivity contribution in [3.05, 3.63) is 36.0 Å². The standard InChI is InChI=1S/C18H27N7O2.HI/c1-3-20-18(21-10-15-6-7-16(27-15)17(19)26)23-13-5-4-8-25(11-13)14-9-22-24(2)12-14;/h6-7,9,12-13H,3-5,8,10-11H2,1-2H3,(H2,19,26)(H2,20,21,23);1H. The first kappa shape index (κ1) is 22.1. The summed E-state index contributed by atoms with van der Waals surface area (Å²) in [5.74, 6) is 0.903. The highest BCUT2D eigenvalue weighted by atomic mass is 127. The molecule has 1 saturated heterocycles. The van der Waals surface area contributed by atoms with Gasteiger partial charge < -0.3 is 25.7 Å². The van der Waals surface area contributed by atoms with Gasteiger partial charge in [-0.2, -0.15) is 5.10 Å². The minimum absolute atomic E-state index is 0. The lowest BCUT2D eigenvalue weighted by atomic mass is 10.1. The van der Waals surface area contributed by atoms with Crippen LogP contribution in [0.15, 0.2) is 33.9 Å². The number of furan rings is 1. The van der Waals surface area contributed by atoms with Crippen molar-refractivity contribution in [3.63, 3.8) is 0 Å². The molecule has 1 atom stereocenters. The lowest BCUT2D eigenvalue weighted by Crippen LogP contribution is -2.51. The summed E-state index contributed by atoms with van der Waals surface area (Å²) in [5, 5.41) is 11.0. The molecule has 0 spiro atoms. The molecule has 1 unspecified atom stereocenters. The van der Waals surface area contributed by atoms with Crippen molar-refractivity contribution in [1.82, 2.24) is 20.4 Å². The molecule has 9 nitrogen and oxygen atoms in total. The van der Waals surface area contributed by atoms with Crippen molar-refractivity contribution in [1.29, 1.82) is 0 Å². The molecular formula is C18H28IN7O2. The molecular weight excluding hydrogens is 473 g/mol. The Morgan fingerprint density at radius 1 is 1.46 bits per heavy atom. The van der Waals surface area contributed by atoms with E-state index in [1.165, 1.54) is 0 Å². The summed E-state index contributed by atoms with van der Waals surface area (Å²) in [6.45, 7) is 5.04. The second-order valence-corrected chi connectivity index (χ2v) is 6.63. The van der Waals surface area contributed by atoms with Gasteiger partial charge in [-0.05, 0) is 31.9 Å². The van der Waals surface area contributed by atoms with Gasteiger partial charge in [-0.15, -0.1) is 24.0 Å². The molecule has 0 bridgehead atoms. The van der Waals surface area contributed by atoms with Crippen molar-refractivity contribution in [2.24, 2.45) is 17.8 Å². The lowest BCUT2D eigenvalue weighted by molar-refractivity contribution is 0.0972. The number of hydrogen-bond donors (Lipinski definition) is 3. The first-order valence-electron chi connectivity index (χ1n) is 9.22. The fourth-order valence-corrected chi connectivity index (χ4v) is 3.17. The molecule has 1 aliphatic heterocycles. The molecule has 1 fully saturated rings. The molecule has 28 heavy (non-hydrogen) atoms. The van der Waals surface area contributed by atoms with E-state index in [1.807, 2.05) is 31.0 Å². The van der Waals surface area contributed by atoms with E-state index in [2.05, 4.69) is 25.6 Å². The van der Waals surface area contributed by atoms with Crippen LogP contribution in [0.25, 0.3) is 0 Å². The Labute approximate surface area is 181 Å². The summed E-state index contributed by atoms with van der Waals surface area (Å²) in [6, 6.07) is 3.58. The summed E-state index contributed by atoms with van der Waals surface area (Å²) in [6.07, 6.45) is 6.11. The van der Waals surface area contributed by atoms with Crippen molar-refractivity contribution < 1.29 is 9.21 Å². The van der Waals surface area contributed by atoms with E-state index in [4.69, 9.17) is 10.2 Å². The molecule has 0 aliphatic carbocycles. The Morgan fingerprint density at radius 2 is 2.29 bits per heavy atom. The van der Waals surface area contributed by atoms with Crippen LogP contribution in [0, 0.1) is 0 Å². The van der Waals surface area contributed by atoms with E-state index in [9.17, 15) is 4.79 Å². The molecule has 0 radical (unpaired) electrons. The number of anilines is 1. The van der Waals surface area contributed by atoms with Crippen LogP contribution in [0.3, 0.4) is 0 Å². The minimum atomic E-state index is -0.576. The highest BCUT2D eigenvalue weighted by Crippen LogP contribution is 2.19. The summed E-state index contributed by atoms with van der Waals surface area (Å²) in [5.41, 5.74) is 6.35. The maximum atomic E-state index is 11.1. The summed E-state index contributed by atoms with van der Waals surface area (Å²) in [7, 11) is 1.93. The molecule has 0 saturated carbocycles. The number of piperidine rings is 1. The second-order valence-electron chi connectivity index (χ2n) is 6.63. The average Bonchev–Trinajstić information content (AvgIpc) is 3.29. The average molecular weight is 501 g/mol. The number of aryl methyl sites for hydroxylation is 1. The third-order valence-corrected chi connectivity index (χ3v) is 4.46. The number of nitrogens with one attached hydrogen (secondary N) is 2. The second kappa shape index (κ2) is 10.3. The Kier molecular flexibility index (Phi) is 8.15. The number of nitrogens with two attached hydrogens (primary N) is 1. The zero-order valence-corrected chi connectivity index (χ0v) is 18.6. The SMILES string of the molecule is CCNC(=NCc1ccc(C(N)=O)o1)NC1CCCN(c2cnn(C)c2)C1.I. The third-order valence-electron chi connectivity index (χ3n) is 4.46. The van der Waals surface area contributed by atoms with Gasteiger partial charge >= 0.3 is 0 Å². The molecule has 10 heteroatoms. The maximum absolute atomic E-state index is 11.1. The fraction of sp³-hybridized carbons (Fsp3) is 0.500. The predicted molar refractivity (Wildman–Crippen MR) is 119 cm³/mol. The normalized spacial score (nSPS) is 17.1. The van der Waals surface area contributed by atoms with Gasteiger partial charge in [0.05, 0.1) is 11.9 Å². The molecule has 2 aromatic rings. The Balaban J connectivity index is 0.00000280. The largest absolute Gasteiger partial charge is 0.454 e. The van der Waals surface area contributed by atoms with Crippen molar-refractivity contribution in [2.45, 2.75) is 32.4 Å². The number of primary amides is 1. The minimum Gasteiger partial charge on any atom is -0.454 e.